The Hall–Kier alpha value is -0.320. The second-order valence-corrected chi connectivity index (χ2v) is 5.62. The lowest BCUT2D eigenvalue weighted by Crippen LogP contribution is -2.10. The van der Waals surface area contributed by atoms with Gasteiger partial charge in [-0.25, -0.2) is 8.78 Å². The number of aliphatic hydroxyl groups excluding tert-OH is 1. The number of halogens is 3. The minimum atomic E-state index is -2.83. The van der Waals surface area contributed by atoms with Crippen LogP contribution in [0.4, 0.5) is 8.78 Å². The predicted octanol–water partition coefficient (Wildman–Crippen LogP) is 4.14. The van der Waals surface area contributed by atoms with E-state index in [1.165, 1.54) is 17.8 Å². The van der Waals surface area contributed by atoms with Crippen LogP contribution in [-0.2, 0) is 0 Å². The van der Waals surface area contributed by atoms with Crippen LogP contribution in [0.2, 0.25) is 5.02 Å². The SMILES string of the molecule is CC(C)Sc1cccc(Cl)c1C(O)C(F)F. The summed E-state index contributed by atoms with van der Waals surface area (Å²) in [6, 6.07) is 4.89. The molecule has 90 valence electrons. The van der Waals surface area contributed by atoms with Crippen molar-refractivity contribution >= 4 is 23.4 Å². The monoisotopic (exact) mass is 266 g/mol. The van der Waals surface area contributed by atoms with Gasteiger partial charge in [-0.1, -0.05) is 31.5 Å². The Balaban J connectivity index is 3.12. The fourth-order valence-corrected chi connectivity index (χ4v) is 2.65. The van der Waals surface area contributed by atoms with Crippen molar-refractivity contribution in [2.24, 2.45) is 0 Å². The zero-order valence-electron chi connectivity index (χ0n) is 8.95. The topological polar surface area (TPSA) is 20.2 Å². The van der Waals surface area contributed by atoms with Crippen molar-refractivity contribution < 1.29 is 13.9 Å². The van der Waals surface area contributed by atoms with Gasteiger partial charge in [0.25, 0.3) is 6.43 Å². The zero-order valence-corrected chi connectivity index (χ0v) is 10.5. The van der Waals surface area contributed by atoms with Crippen LogP contribution in [0, 0.1) is 0 Å². The van der Waals surface area contributed by atoms with E-state index in [0.29, 0.717) is 4.90 Å². The van der Waals surface area contributed by atoms with E-state index in [9.17, 15) is 13.9 Å². The smallest absolute Gasteiger partial charge is 0.268 e. The maximum Gasteiger partial charge on any atom is 0.268 e. The van der Waals surface area contributed by atoms with Crippen molar-refractivity contribution in [2.45, 2.75) is 36.5 Å². The molecule has 1 aromatic rings. The summed E-state index contributed by atoms with van der Waals surface area (Å²) in [4.78, 5) is 0.607. The van der Waals surface area contributed by atoms with E-state index in [-0.39, 0.29) is 15.8 Å². The average Bonchev–Trinajstić information content (AvgIpc) is 2.16. The molecule has 5 heteroatoms. The first-order valence-electron chi connectivity index (χ1n) is 4.84. The van der Waals surface area contributed by atoms with Crippen LogP contribution in [0.5, 0.6) is 0 Å². The lowest BCUT2D eigenvalue weighted by atomic mass is 10.1. The van der Waals surface area contributed by atoms with Crippen molar-refractivity contribution in [1.82, 2.24) is 0 Å². The van der Waals surface area contributed by atoms with E-state index in [0.717, 1.165) is 0 Å². The van der Waals surface area contributed by atoms with Crippen molar-refractivity contribution in [1.29, 1.82) is 0 Å². The van der Waals surface area contributed by atoms with Gasteiger partial charge in [-0.2, -0.15) is 0 Å². The van der Waals surface area contributed by atoms with E-state index in [1.807, 2.05) is 13.8 Å². The van der Waals surface area contributed by atoms with Gasteiger partial charge < -0.3 is 5.11 Å². The third-order valence-corrected chi connectivity index (χ3v) is 3.32. The molecule has 0 aromatic heterocycles. The van der Waals surface area contributed by atoms with Crippen LogP contribution >= 0.6 is 23.4 Å². The third kappa shape index (κ3) is 3.34. The van der Waals surface area contributed by atoms with E-state index in [2.05, 4.69) is 0 Å². The normalized spacial score (nSPS) is 13.5. The summed E-state index contributed by atoms with van der Waals surface area (Å²) < 4.78 is 25.0. The first-order valence-corrected chi connectivity index (χ1v) is 6.10. The molecule has 1 rings (SSSR count). The number of rotatable bonds is 4. The van der Waals surface area contributed by atoms with Gasteiger partial charge in [-0.05, 0) is 12.1 Å². The van der Waals surface area contributed by atoms with Crippen LogP contribution < -0.4 is 0 Å². The third-order valence-electron chi connectivity index (χ3n) is 1.91. The molecule has 0 aliphatic rings. The molecule has 0 fully saturated rings. The molecule has 1 unspecified atom stereocenters. The molecule has 0 aliphatic heterocycles. The maximum atomic E-state index is 12.5. The number of hydrogen-bond acceptors (Lipinski definition) is 2. The van der Waals surface area contributed by atoms with Gasteiger partial charge in [-0.3, -0.25) is 0 Å². The molecule has 1 atom stereocenters. The van der Waals surface area contributed by atoms with Crippen LogP contribution in [0.3, 0.4) is 0 Å². The molecule has 1 aromatic carbocycles. The minimum Gasteiger partial charge on any atom is -0.382 e. The van der Waals surface area contributed by atoms with Crippen LogP contribution in [0.25, 0.3) is 0 Å². The highest BCUT2D eigenvalue weighted by molar-refractivity contribution is 8.00. The molecule has 0 bridgehead atoms. The Kier molecular flexibility index (Phi) is 5.02. The number of thioether (sulfide) groups is 1. The standard InChI is InChI=1S/C11H13ClF2OS/c1-6(2)16-8-5-3-4-7(12)9(8)10(15)11(13)14/h3-6,10-11,15H,1-2H3. The minimum absolute atomic E-state index is 0.123. The van der Waals surface area contributed by atoms with Gasteiger partial charge in [0.15, 0.2) is 0 Å². The predicted molar refractivity (Wildman–Crippen MR) is 63.4 cm³/mol. The summed E-state index contributed by atoms with van der Waals surface area (Å²) in [6.45, 7) is 3.90. The highest BCUT2D eigenvalue weighted by atomic mass is 35.5. The molecule has 0 radical (unpaired) electrons. The van der Waals surface area contributed by atoms with Crippen molar-refractivity contribution in [2.75, 3.05) is 0 Å². The molecule has 1 nitrogen and oxygen atoms in total. The molecule has 0 aliphatic carbocycles. The summed E-state index contributed by atoms with van der Waals surface area (Å²) in [5.74, 6) is 0. The molecular weight excluding hydrogens is 254 g/mol. The summed E-state index contributed by atoms with van der Waals surface area (Å²) in [5.41, 5.74) is 0.123. The number of benzene rings is 1. The van der Waals surface area contributed by atoms with E-state index in [1.54, 1.807) is 12.1 Å². The van der Waals surface area contributed by atoms with Gasteiger partial charge >= 0.3 is 0 Å². The zero-order chi connectivity index (χ0) is 12.3. The number of hydrogen-bond donors (Lipinski definition) is 1. The van der Waals surface area contributed by atoms with Crippen molar-refractivity contribution in [3.05, 3.63) is 28.8 Å². The molecular formula is C11H13ClF2OS. The second kappa shape index (κ2) is 5.84. The highest BCUT2D eigenvalue weighted by Gasteiger charge is 2.25. The molecule has 0 saturated carbocycles. The molecule has 0 heterocycles. The van der Waals surface area contributed by atoms with Gasteiger partial charge in [0, 0.05) is 20.7 Å². The largest absolute Gasteiger partial charge is 0.382 e. The summed E-state index contributed by atoms with van der Waals surface area (Å²) in [5, 5.41) is 9.84. The van der Waals surface area contributed by atoms with Crippen molar-refractivity contribution in [3.63, 3.8) is 0 Å². The first kappa shape index (κ1) is 13.7. The van der Waals surface area contributed by atoms with E-state index in [4.69, 9.17) is 11.6 Å². The van der Waals surface area contributed by atoms with Gasteiger partial charge in [0.2, 0.25) is 0 Å². The first-order chi connectivity index (χ1) is 7.43. The molecule has 0 amide bonds. The van der Waals surface area contributed by atoms with Crippen LogP contribution in [-0.4, -0.2) is 16.8 Å². The number of aliphatic hydroxyl groups is 1. The second-order valence-electron chi connectivity index (χ2n) is 3.60. The fraction of sp³-hybridized carbons (Fsp3) is 0.455. The summed E-state index contributed by atoms with van der Waals surface area (Å²) >= 11 is 7.25. The van der Waals surface area contributed by atoms with Gasteiger partial charge in [0.1, 0.15) is 6.10 Å². The molecule has 0 saturated heterocycles. The molecule has 0 spiro atoms. The Morgan fingerprint density at radius 1 is 1.31 bits per heavy atom. The quantitative estimate of drug-likeness (QED) is 0.827. The van der Waals surface area contributed by atoms with E-state index >= 15 is 0 Å². The lowest BCUT2D eigenvalue weighted by molar-refractivity contribution is -0.00718. The van der Waals surface area contributed by atoms with E-state index < -0.39 is 12.5 Å². The average molecular weight is 267 g/mol. The lowest BCUT2D eigenvalue weighted by Gasteiger charge is -2.17. The molecule has 1 N–H and O–H groups in total. The van der Waals surface area contributed by atoms with Crippen molar-refractivity contribution in [3.8, 4) is 0 Å². The summed E-state index contributed by atoms with van der Waals surface area (Å²) in [6.07, 6.45) is -4.65. The van der Waals surface area contributed by atoms with Gasteiger partial charge in [0.05, 0.1) is 0 Å². The summed E-state index contributed by atoms with van der Waals surface area (Å²) in [7, 11) is 0. The van der Waals surface area contributed by atoms with Crippen LogP contribution in [0.1, 0.15) is 25.5 Å². The number of alkyl halides is 2. The molecule has 16 heavy (non-hydrogen) atoms. The van der Waals surface area contributed by atoms with Gasteiger partial charge in [-0.15, -0.1) is 11.8 Å². The Morgan fingerprint density at radius 2 is 1.94 bits per heavy atom. The maximum absolute atomic E-state index is 12.5. The highest BCUT2D eigenvalue weighted by Crippen LogP contribution is 2.37. The Morgan fingerprint density at radius 3 is 2.44 bits per heavy atom. The fourth-order valence-electron chi connectivity index (χ4n) is 1.29. The Bertz CT molecular complexity index is 358. The Labute approximate surface area is 103 Å². The van der Waals surface area contributed by atoms with Crippen LogP contribution in [0.15, 0.2) is 23.1 Å².